The van der Waals surface area contributed by atoms with Gasteiger partial charge in [-0.05, 0) is 37.8 Å². The SMILES string of the molecule is O=C(CNc1ccccc1)OC1CCCC1. The summed E-state index contributed by atoms with van der Waals surface area (Å²) in [6.07, 6.45) is 4.58. The zero-order valence-electron chi connectivity index (χ0n) is 9.32. The van der Waals surface area contributed by atoms with Gasteiger partial charge in [-0.15, -0.1) is 0 Å². The van der Waals surface area contributed by atoms with Crippen molar-refractivity contribution in [3.05, 3.63) is 30.3 Å². The standard InChI is InChI=1S/C13H17NO2/c15-13(16-12-8-4-5-9-12)10-14-11-6-2-1-3-7-11/h1-3,6-7,12,14H,4-5,8-10H2. The van der Waals surface area contributed by atoms with Gasteiger partial charge in [0.2, 0.25) is 0 Å². The van der Waals surface area contributed by atoms with E-state index in [2.05, 4.69) is 5.32 Å². The zero-order valence-corrected chi connectivity index (χ0v) is 9.32. The van der Waals surface area contributed by atoms with Crippen LogP contribution < -0.4 is 5.32 Å². The number of hydrogen-bond acceptors (Lipinski definition) is 3. The number of carbonyl (C=O) groups excluding carboxylic acids is 1. The number of anilines is 1. The fourth-order valence-electron chi connectivity index (χ4n) is 1.96. The van der Waals surface area contributed by atoms with E-state index in [9.17, 15) is 4.79 Å². The third-order valence-electron chi connectivity index (χ3n) is 2.81. The summed E-state index contributed by atoms with van der Waals surface area (Å²) >= 11 is 0. The molecule has 1 aliphatic carbocycles. The van der Waals surface area contributed by atoms with E-state index in [1.54, 1.807) is 0 Å². The molecule has 1 aliphatic rings. The van der Waals surface area contributed by atoms with Crippen LogP contribution >= 0.6 is 0 Å². The van der Waals surface area contributed by atoms with Crippen LogP contribution in [-0.4, -0.2) is 18.6 Å². The number of benzene rings is 1. The van der Waals surface area contributed by atoms with Crippen molar-refractivity contribution >= 4 is 11.7 Å². The van der Waals surface area contributed by atoms with Crippen LogP contribution in [0.5, 0.6) is 0 Å². The van der Waals surface area contributed by atoms with Gasteiger partial charge in [-0.1, -0.05) is 18.2 Å². The summed E-state index contributed by atoms with van der Waals surface area (Å²) in [5.74, 6) is -0.157. The van der Waals surface area contributed by atoms with Gasteiger partial charge in [0.25, 0.3) is 0 Å². The molecule has 0 saturated heterocycles. The van der Waals surface area contributed by atoms with Crippen molar-refractivity contribution in [3.8, 4) is 0 Å². The smallest absolute Gasteiger partial charge is 0.325 e. The van der Waals surface area contributed by atoms with Gasteiger partial charge in [0.05, 0.1) is 0 Å². The molecule has 0 bridgehead atoms. The first-order chi connectivity index (χ1) is 7.84. The average molecular weight is 219 g/mol. The first kappa shape index (κ1) is 11.0. The first-order valence-corrected chi connectivity index (χ1v) is 5.83. The van der Waals surface area contributed by atoms with Crippen LogP contribution in [0.2, 0.25) is 0 Å². The summed E-state index contributed by atoms with van der Waals surface area (Å²) in [6.45, 7) is 0.251. The lowest BCUT2D eigenvalue weighted by Crippen LogP contribution is -2.21. The lowest BCUT2D eigenvalue weighted by molar-refractivity contribution is -0.146. The van der Waals surface area contributed by atoms with Crippen molar-refractivity contribution in [1.82, 2.24) is 0 Å². The Morgan fingerprint density at radius 2 is 1.94 bits per heavy atom. The van der Waals surface area contributed by atoms with Crippen molar-refractivity contribution in [1.29, 1.82) is 0 Å². The van der Waals surface area contributed by atoms with Gasteiger partial charge < -0.3 is 10.1 Å². The molecule has 0 unspecified atom stereocenters. The number of esters is 1. The summed E-state index contributed by atoms with van der Waals surface area (Å²) in [7, 11) is 0. The Balaban J connectivity index is 1.71. The van der Waals surface area contributed by atoms with Crippen LogP contribution in [0.15, 0.2) is 30.3 Å². The maximum absolute atomic E-state index is 11.5. The average Bonchev–Trinajstić information content (AvgIpc) is 2.81. The highest BCUT2D eigenvalue weighted by Gasteiger charge is 2.18. The van der Waals surface area contributed by atoms with Gasteiger partial charge >= 0.3 is 5.97 Å². The second kappa shape index (κ2) is 5.54. The summed E-state index contributed by atoms with van der Waals surface area (Å²) in [5, 5.41) is 3.04. The summed E-state index contributed by atoms with van der Waals surface area (Å²) in [6, 6.07) is 9.68. The predicted molar refractivity (Wildman–Crippen MR) is 63.3 cm³/mol. The molecule has 0 spiro atoms. The molecule has 16 heavy (non-hydrogen) atoms. The number of rotatable bonds is 4. The van der Waals surface area contributed by atoms with Crippen LogP contribution in [0, 0.1) is 0 Å². The van der Waals surface area contributed by atoms with Crippen molar-refractivity contribution in [3.63, 3.8) is 0 Å². The molecule has 0 heterocycles. The van der Waals surface area contributed by atoms with E-state index >= 15 is 0 Å². The molecular weight excluding hydrogens is 202 g/mol. The second-order valence-electron chi connectivity index (χ2n) is 4.12. The van der Waals surface area contributed by atoms with E-state index in [1.807, 2.05) is 30.3 Å². The Morgan fingerprint density at radius 1 is 1.25 bits per heavy atom. The Morgan fingerprint density at radius 3 is 2.62 bits per heavy atom. The van der Waals surface area contributed by atoms with Crippen LogP contribution in [0.1, 0.15) is 25.7 Å². The Labute approximate surface area is 95.8 Å². The Bertz CT molecular complexity index is 331. The highest BCUT2D eigenvalue weighted by Crippen LogP contribution is 2.20. The topological polar surface area (TPSA) is 38.3 Å². The minimum atomic E-state index is -0.157. The highest BCUT2D eigenvalue weighted by molar-refractivity contribution is 5.75. The van der Waals surface area contributed by atoms with Crippen LogP contribution in [0.4, 0.5) is 5.69 Å². The Hall–Kier alpha value is -1.51. The van der Waals surface area contributed by atoms with E-state index in [1.165, 1.54) is 12.8 Å². The van der Waals surface area contributed by atoms with Crippen molar-refractivity contribution < 1.29 is 9.53 Å². The number of para-hydroxylation sites is 1. The lowest BCUT2D eigenvalue weighted by atomic mass is 10.3. The van der Waals surface area contributed by atoms with Crippen LogP contribution in [0.25, 0.3) is 0 Å². The maximum atomic E-state index is 11.5. The molecule has 3 nitrogen and oxygen atoms in total. The molecule has 0 aromatic heterocycles. The number of carbonyl (C=O) groups is 1. The molecule has 1 aromatic carbocycles. The molecule has 2 rings (SSSR count). The van der Waals surface area contributed by atoms with Gasteiger partial charge in [-0.25, -0.2) is 0 Å². The normalized spacial score (nSPS) is 16.0. The molecule has 0 radical (unpaired) electrons. The summed E-state index contributed by atoms with van der Waals surface area (Å²) in [4.78, 5) is 11.5. The first-order valence-electron chi connectivity index (χ1n) is 5.83. The maximum Gasteiger partial charge on any atom is 0.325 e. The number of ether oxygens (including phenoxy) is 1. The van der Waals surface area contributed by atoms with Gasteiger partial charge in [0, 0.05) is 5.69 Å². The molecule has 0 aliphatic heterocycles. The molecule has 3 heteroatoms. The lowest BCUT2D eigenvalue weighted by Gasteiger charge is -2.12. The molecule has 1 saturated carbocycles. The van der Waals surface area contributed by atoms with Crippen LogP contribution in [-0.2, 0) is 9.53 Å². The molecule has 1 fully saturated rings. The third-order valence-corrected chi connectivity index (χ3v) is 2.81. The van der Waals surface area contributed by atoms with Crippen LogP contribution in [0.3, 0.4) is 0 Å². The molecule has 1 aromatic rings. The van der Waals surface area contributed by atoms with Crippen molar-refractivity contribution in [2.24, 2.45) is 0 Å². The number of nitrogens with one attached hydrogen (secondary N) is 1. The van der Waals surface area contributed by atoms with Gasteiger partial charge in [-0.2, -0.15) is 0 Å². The fraction of sp³-hybridized carbons (Fsp3) is 0.462. The van der Waals surface area contributed by atoms with Crippen molar-refractivity contribution in [2.45, 2.75) is 31.8 Å². The number of hydrogen-bond donors (Lipinski definition) is 1. The van der Waals surface area contributed by atoms with Gasteiger partial charge in [-0.3, -0.25) is 4.79 Å². The predicted octanol–water partition coefficient (Wildman–Crippen LogP) is 2.58. The molecule has 0 amide bonds. The minimum absolute atomic E-state index is 0.157. The summed E-state index contributed by atoms with van der Waals surface area (Å²) < 4.78 is 5.33. The largest absolute Gasteiger partial charge is 0.461 e. The Kier molecular flexibility index (Phi) is 3.81. The minimum Gasteiger partial charge on any atom is -0.461 e. The van der Waals surface area contributed by atoms with Gasteiger partial charge in [0.15, 0.2) is 0 Å². The van der Waals surface area contributed by atoms with Gasteiger partial charge in [0.1, 0.15) is 12.6 Å². The molecule has 1 N–H and O–H groups in total. The second-order valence-corrected chi connectivity index (χ2v) is 4.12. The summed E-state index contributed by atoms with van der Waals surface area (Å²) in [5.41, 5.74) is 0.950. The van der Waals surface area contributed by atoms with E-state index in [4.69, 9.17) is 4.74 Å². The fourth-order valence-corrected chi connectivity index (χ4v) is 1.96. The van der Waals surface area contributed by atoms with E-state index in [0.717, 1.165) is 18.5 Å². The monoisotopic (exact) mass is 219 g/mol. The zero-order chi connectivity index (χ0) is 11.2. The van der Waals surface area contributed by atoms with Crippen molar-refractivity contribution in [2.75, 3.05) is 11.9 Å². The van der Waals surface area contributed by atoms with E-state index in [-0.39, 0.29) is 18.6 Å². The molecule has 86 valence electrons. The molecular formula is C13H17NO2. The van der Waals surface area contributed by atoms with E-state index in [0.29, 0.717) is 0 Å². The third kappa shape index (κ3) is 3.26. The highest BCUT2D eigenvalue weighted by atomic mass is 16.5. The van der Waals surface area contributed by atoms with E-state index < -0.39 is 0 Å². The quantitative estimate of drug-likeness (QED) is 0.791. The molecule has 0 atom stereocenters.